The standard InChI is InChI=1S/C12H19N3O3/c1-3-14(2)9(16)8-15-11(18)13-10(17)12(15)6-4-5-7-12/h3-8H2,1-2H3,(H,13,17,18). The highest BCUT2D eigenvalue weighted by molar-refractivity contribution is 6.08. The second kappa shape index (κ2) is 4.59. The quantitative estimate of drug-likeness (QED) is 0.737. The van der Waals surface area contributed by atoms with Crippen LogP contribution in [0.15, 0.2) is 0 Å². The zero-order valence-electron chi connectivity index (χ0n) is 10.9. The van der Waals surface area contributed by atoms with Crippen molar-refractivity contribution in [1.82, 2.24) is 15.1 Å². The zero-order chi connectivity index (χ0) is 13.3. The van der Waals surface area contributed by atoms with Crippen molar-refractivity contribution in [2.75, 3.05) is 20.1 Å². The fraction of sp³-hybridized carbons (Fsp3) is 0.750. The molecule has 0 aromatic rings. The molecule has 0 aromatic carbocycles. The molecule has 1 spiro atoms. The Balaban J connectivity index is 2.17. The Morgan fingerprint density at radius 1 is 1.39 bits per heavy atom. The van der Waals surface area contributed by atoms with E-state index in [4.69, 9.17) is 0 Å². The third kappa shape index (κ3) is 1.85. The third-order valence-corrected chi connectivity index (χ3v) is 4.03. The van der Waals surface area contributed by atoms with Crippen LogP contribution in [0, 0.1) is 0 Å². The average molecular weight is 253 g/mol. The summed E-state index contributed by atoms with van der Waals surface area (Å²) in [6, 6.07) is -0.431. The van der Waals surface area contributed by atoms with E-state index in [1.54, 1.807) is 11.9 Å². The number of nitrogens with one attached hydrogen (secondary N) is 1. The maximum atomic E-state index is 11.9. The lowest BCUT2D eigenvalue weighted by atomic mass is 9.96. The van der Waals surface area contributed by atoms with Crippen molar-refractivity contribution in [1.29, 1.82) is 0 Å². The van der Waals surface area contributed by atoms with Gasteiger partial charge in [0.15, 0.2) is 0 Å². The average Bonchev–Trinajstić information content (AvgIpc) is 2.91. The molecule has 2 fully saturated rings. The molecule has 2 rings (SSSR count). The van der Waals surface area contributed by atoms with Crippen LogP contribution in [0.5, 0.6) is 0 Å². The van der Waals surface area contributed by atoms with Gasteiger partial charge >= 0.3 is 6.03 Å². The molecule has 18 heavy (non-hydrogen) atoms. The Labute approximate surface area is 106 Å². The van der Waals surface area contributed by atoms with Crippen LogP contribution in [0.4, 0.5) is 4.79 Å². The highest BCUT2D eigenvalue weighted by Crippen LogP contribution is 2.38. The minimum Gasteiger partial charge on any atom is -0.344 e. The number of carbonyl (C=O) groups excluding carboxylic acids is 3. The zero-order valence-corrected chi connectivity index (χ0v) is 10.9. The number of nitrogens with zero attached hydrogens (tertiary/aromatic N) is 2. The van der Waals surface area contributed by atoms with Crippen molar-refractivity contribution in [2.24, 2.45) is 0 Å². The lowest BCUT2D eigenvalue weighted by Crippen LogP contribution is -2.51. The summed E-state index contributed by atoms with van der Waals surface area (Å²) in [4.78, 5) is 38.7. The summed E-state index contributed by atoms with van der Waals surface area (Å²) in [5.74, 6) is -0.370. The van der Waals surface area contributed by atoms with E-state index in [-0.39, 0.29) is 18.4 Å². The Kier molecular flexibility index (Phi) is 3.28. The number of rotatable bonds is 3. The number of imide groups is 1. The molecule has 1 aliphatic heterocycles. The summed E-state index contributed by atoms with van der Waals surface area (Å²) < 4.78 is 0. The fourth-order valence-corrected chi connectivity index (χ4v) is 2.71. The monoisotopic (exact) mass is 253 g/mol. The second-order valence-corrected chi connectivity index (χ2v) is 4.99. The van der Waals surface area contributed by atoms with Gasteiger partial charge in [-0.2, -0.15) is 0 Å². The van der Waals surface area contributed by atoms with Crippen molar-refractivity contribution in [3.8, 4) is 0 Å². The highest BCUT2D eigenvalue weighted by atomic mass is 16.2. The van der Waals surface area contributed by atoms with Gasteiger partial charge in [0, 0.05) is 13.6 Å². The Hall–Kier alpha value is -1.59. The van der Waals surface area contributed by atoms with Crippen molar-refractivity contribution in [2.45, 2.75) is 38.1 Å². The molecule has 6 heteroatoms. The first-order valence-electron chi connectivity index (χ1n) is 6.38. The van der Waals surface area contributed by atoms with E-state index in [9.17, 15) is 14.4 Å². The molecular formula is C12H19N3O3. The van der Waals surface area contributed by atoms with Gasteiger partial charge in [-0.25, -0.2) is 4.79 Å². The van der Waals surface area contributed by atoms with Crippen LogP contribution in [-0.2, 0) is 9.59 Å². The van der Waals surface area contributed by atoms with Crippen LogP contribution in [0.1, 0.15) is 32.6 Å². The van der Waals surface area contributed by atoms with Gasteiger partial charge in [0.1, 0.15) is 12.1 Å². The summed E-state index contributed by atoms with van der Waals surface area (Å²) in [6.45, 7) is 2.45. The number of likely N-dealkylation sites (N-methyl/N-ethyl adjacent to an activating group) is 1. The van der Waals surface area contributed by atoms with Gasteiger partial charge in [0.05, 0.1) is 0 Å². The maximum Gasteiger partial charge on any atom is 0.325 e. The van der Waals surface area contributed by atoms with Crippen LogP contribution in [0.3, 0.4) is 0 Å². The summed E-state index contributed by atoms with van der Waals surface area (Å²) in [6.07, 6.45) is 3.17. The van der Waals surface area contributed by atoms with E-state index < -0.39 is 11.6 Å². The molecule has 100 valence electrons. The Morgan fingerprint density at radius 3 is 2.56 bits per heavy atom. The van der Waals surface area contributed by atoms with Gasteiger partial charge in [-0.1, -0.05) is 12.8 Å². The minimum absolute atomic E-state index is 0.0120. The summed E-state index contributed by atoms with van der Waals surface area (Å²) >= 11 is 0. The summed E-state index contributed by atoms with van der Waals surface area (Å²) in [5.41, 5.74) is -0.763. The predicted octanol–water partition coefficient (Wildman–Crippen LogP) is 0.329. The summed E-state index contributed by atoms with van der Waals surface area (Å²) in [5, 5.41) is 2.34. The fourth-order valence-electron chi connectivity index (χ4n) is 2.71. The molecule has 1 saturated carbocycles. The SMILES string of the molecule is CCN(C)C(=O)CN1C(=O)NC(=O)C12CCCC2. The molecule has 0 radical (unpaired) electrons. The molecule has 0 bridgehead atoms. The summed E-state index contributed by atoms with van der Waals surface area (Å²) in [7, 11) is 1.69. The molecule has 2 aliphatic rings. The molecule has 0 aromatic heterocycles. The first-order valence-corrected chi connectivity index (χ1v) is 6.38. The molecular weight excluding hydrogens is 234 g/mol. The van der Waals surface area contributed by atoms with Crippen LogP contribution in [0.25, 0.3) is 0 Å². The van der Waals surface area contributed by atoms with Crippen molar-refractivity contribution in [3.05, 3.63) is 0 Å². The smallest absolute Gasteiger partial charge is 0.325 e. The van der Waals surface area contributed by atoms with E-state index >= 15 is 0 Å². The van der Waals surface area contributed by atoms with Gasteiger partial charge in [-0.15, -0.1) is 0 Å². The molecule has 1 saturated heterocycles. The van der Waals surface area contributed by atoms with E-state index in [0.717, 1.165) is 12.8 Å². The van der Waals surface area contributed by atoms with Gasteiger partial charge < -0.3 is 9.80 Å². The second-order valence-electron chi connectivity index (χ2n) is 4.99. The van der Waals surface area contributed by atoms with Crippen LogP contribution >= 0.6 is 0 Å². The van der Waals surface area contributed by atoms with Crippen LogP contribution in [-0.4, -0.2) is 53.3 Å². The van der Waals surface area contributed by atoms with Gasteiger partial charge in [-0.05, 0) is 19.8 Å². The van der Waals surface area contributed by atoms with E-state index in [1.807, 2.05) is 6.92 Å². The number of amides is 4. The topological polar surface area (TPSA) is 69.7 Å². The predicted molar refractivity (Wildman–Crippen MR) is 64.8 cm³/mol. The normalized spacial score (nSPS) is 21.6. The van der Waals surface area contributed by atoms with Crippen LogP contribution in [0.2, 0.25) is 0 Å². The van der Waals surface area contributed by atoms with E-state index in [0.29, 0.717) is 19.4 Å². The molecule has 1 N–H and O–H groups in total. The van der Waals surface area contributed by atoms with Gasteiger partial charge in [-0.3, -0.25) is 14.9 Å². The third-order valence-electron chi connectivity index (χ3n) is 4.03. The lowest BCUT2D eigenvalue weighted by molar-refractivity contribution is -0.133. The maximum absolute atomic E-state index is 11.9. The molecule has 4 amide bonds. The van der Waals surface area contributed by atoms with Crippen molar-refractivity contribution in [3.63, 3.8) is 0 Å². The largest absolute Gasteiger partial charge is 0.344 e. The number of hydrogen-bond donors (Lipinski definition) is 1. The highest BCUT2D eigenvalue weighted by Gasteiger charge is 2.54. The molecule has 6 nitrogen and oxygen atoms in total. The van der Waals surface area contributed by atoms with Crippen LogP contribution < -0.4 is 5.32 Å². The van der Waals surface area contributed by atoms with E-state index in [2.05, 4.69) is 5.32 Å². The Bertz CT molecular complexity index is 388. The Morgan fingerprint density at radius 2 is 2.00 bits per heavy atom. The van der Waals surface area contributed by atoms with E-state index in [1.165, 1.54) is 4.90 Å². The first kappa shape index (κ1) is 12.9. The van der Waals surface area contributed by atoms with Gasteiger partial charge in [0.2, 0.25) is 5.91 Å². The molecule has 0 atom stereocenters. The van der Waals surface area contributed by atoms with Gasteiger partial charge in [0.25, 0.3) is 5.91 Å². The van der Waals surface area contributed by atoms with Crippen molar-refractivity contribution < 1.29 is 14.4 Å². The molecule has 1 aliphatic carbocycles. The minimum atomic E-state index is -0.763. The number of urea groups is 1. The number of carbonyl (C=O) groups is 3. The molecule has 0 unspecified atom stereocenters. The number of hydrogen-bond acceptors (Lipinski definition) is 3. The lowest BCUT2D eigenvalue weighted by Gasteiger charge is -2.31. The first-order chi connectivity index (χ1) is 8.51. The van der Waals surface area contributed by atoms with Crippen molar-refractivity contribution >= 4 is 17.8 Å². The molecule has 1 heterocycles.